The normalized spacial score (nSPS) is 13.0. The molecule has 3 nitrogen and oxygen atoms in total. The van der Waals surface area contributed by atoms with Gasteiger partial charge in [-0.3, -0.25) is 4.79 Å². The molecular weight excluding hydrogens is 298 g/mol. The molecule has 0 saturated heterocycles. The minimum absolute atomic E-state index is 0.0849. The summed E-state index contributed by atoms with van der Waals surface area (Å²) in [6.45, 7) is 2.08. The molecule has 0 aliphatic rings. The molecule has 24 heavy (non-hydrogen) atoms. The van der Waals surface area contributed by atoms with Crippen molar-refractivity contribution in [1.82, 2.24) is 5.32 Å². The molecule has 1 N–H and O–H groups in total. The number of nitrogens with one attached hydrogen (secondary N) is 1. The van der Waals surface area contributed by atoms with Crippen LogP contribution in [0.1, 0.15) is 43.2 Å². The summed E-state index contributed by atoms with van der Waals surface area (Å²) >= 11 is 0. The molecule has 0 aromatic heterocycles. The van der Waals surface area contributed by atoms with E-state index in [0.717, 1.165) is 30.3 Å². The Balaban J connectivity index is 2.15. The highest BCUT2D eigenvalue weighted by Crippen LogP contribution is 2.21. The van der Waals surface area contributed by atoms with Crippen LogP contribution < -0.4 is 5.32 Å². The molecule has 0 heterocycles. The third kappa shape index (κ3) is 5.34. The Kier molecular flexibility index (Phi) is 7.21. The van der Waals surface area contributed by atoms with E-state index in [2.05, 4.69) is 12.2 Å². The van der Waals surface area contributed by atoms with Gasteiger partial charge in [-0.1, -0.05) is 80.4 Å². The smallest absolute Gasteiger partial charge is 0.228 e. The van der Waals surface area contributed by atoms with E-state index in [-0.39, 0.29) is 11.8 Å². The highest BCUT2D eigenvalue weighted by atomic mass is 16.2. The maximum Gasteiger partial charge on any atom is 0.228 e. The van der Waals surface area contributed by atoms with Crippen LogP contribution in [0.5, 0.6) is 0 Å². The molecule has 0 fully saturated rings. The fourth-order valence-electron chi connectivity index (χ4n) is 2.78. The first kappa shape index (κ1) is 17.9. The van der Waals surface area contributed by atoms with E-state index in [4.69, 9.17) is 0 Å². The molecule has 2 aromatic carbocycles. The summed E-state index contributed by atoms with van der Waals surface area (Å²) in [5, 5.41) is 2.91. The lowest BCUT2D eigenvalue weighted by Crippen LogP contribution is -2.39. The SMILES string of the molecule is CCCC[C@@H](C=O)NC(=O)C(Cc1ccccc1)c1ccccc1. The first-order valence-electron chi connectivity index (χ1n) is 8.59. The van der Waals surface area contributed by atoms with Crippen LogP contribution in [-0.2, 0) is 16.0 Å². The summed E-state index contributed by atoms with van der Waals surface area (Å²) in [7, 11) is 0. The number of amides is 1. The lowest BCUT2D eigenvalue weighted by Gasteiger charge is -2.20. The number of unbranched alkanes of at least 4 members (excludes halogenated alkanes) is 1. The first-order chi connectivity index (χ1) is 11.7. The van der Waals surface area contributed by atoms with Crippen LogP contribution in [0.4, 0.5) is 0 Å². The first-order valence-corrected chi connectivity index (χ1v) is 8.59. The van der Waals surface area contributed by atoms with Gasteiger partial charge >= 0.3 is 0 Å². The molecule has 126 valence electrons. The maximum absolute atomic E-state index is 12.8. The number of rotatable bonds is 9. The Bertz CT molecular complexity index is 625. The predicted molar refractivity (Wildman–Crippen MR) is 96.8 cm³/mol. The Hall–Kier alpha value is -2.42. The van der Waals surface area contributed by atoms with Gasteiger partial charge in [0.1, 0.15) is 6.29 Å². The summed E-state index contributed by atoms with van der Waals surface area (Å²) in [6.07, 6.45) is 4.09. The predicted octanol–water partition coefficient (Wildman–Crippen LogP) is 3.89. The zero-order valence-corrected chi connectivity index (χ0v) is 14.2. The quantitative estimate of drug-likeness (QED) is 0.712. The summed E-state index contributed by atoms with van der Waals surface area (Å²) in [5.74, 6) is -0.379. The number of aldehydes is 1. The average Bonchev–Trinajstić information content (AvgIpc) is 2.64. The zero-order valence-electron chi connectivity index (χ0n) is 14.2. The van der Waals surface area contributed by atoms with Crippen molar-refractivity contribution in [2.75, 3.05) is 0 Å². The van der Waals surface area contributed by atoms with Crippen LogP contribution >= 0.6 is 0 Å². The average molecular weight is 323 g/mol. The number of hydrogen-bond donors (Lipinski definition) is 1. The van der Waals surface area contributed by atoms with Crippen molar-refractivity contribution in [3.63, 3.8) is 0 Å². The van der Waals surface area contributed by atoms with Crippen molar-refractivity contribution >= 4 is 12.2 Å². The van der Waals surface area contributed by atoms with E-state index in [0.29, 0.717) is 12.8 Å². The Labute approximate surface area is 144 Å². The van der Waals surface area contributed by atoms with Crippen molar-refractivity contribution in [2.45, 2.75) is 44.6 Å². The van der Waals surface area contributed by atoms with Crippen LogP contribution in [-0.4, -0.2) is 18.2 Å². The van der Waals surface area contributed by atoms with Crippen molar-refractivity contribution in [1.29, 1.82) is 0 Å². The largest absolute Gasteiger partial charge is 0.346 e. The Morgan fingerprint density at radius 2 is 1.67 bits per heavy atom. The fraction of sp³-hybridized carbons (Fsp3) is 0.333. The van der Waals surface area contributed by atoms with Crippen LogP contribution in [0.15, 0.2) is 60.7 Å². The molecule has 0 saturated carbocycles. The van der Waals surface area contributed by atoms with Gasteiger partial charge < -0.3 is 10.1 Å². The van der Waals surface area contributed by atoms with Crippen molar-refractivity contribution < 1.29 is 9.59 Å². The number of carbonyl (C=O) groups excluding carboxylic acids is 2. The van der Waals surface area contributed by atoms with Gasteiger partial charge in [-0.25, -0.2) is 0 Å². The van der Waals surface area contributed by atoms with Crippen LogP contribution in [0.3, 0.4) is 0 Å². The molecule has 0 spiro atoms. The molecule has 0 radical (unpaired) electrons. The van der Waals surface area contributed by atoms with Crippen LogP contribution in [0.2, 0.25) is 0 Å². The summed E-state index contributed by atoms with van der Waals surface area (Å²) in [5.41, 5.74) is 2.08. The molecule has 2 aromatic rings. The van der Waals surface area contributed by atoms with Gasteiger partial charge in [0.2, 0.25) is 5.91 Å². The topological polar surface area (TPSA) is 46.2 Å². The summed E-state index contributed by atoms with van der Waals surface area (Å²) in [6, 6.07) is 19.3. The van der Waals surface area contributed by atoms with Gasteiger partial charge in [0.05, 0.1) is 12.0 Å². The Morgan fingerprint density at radius 3 is 2.25 bits per heavy atom. The summed E-state index contributed by atoms with van der Waals surface area (Å²) < 4.78 is 0. The van der Waals surface area contributed by atoms with Gasteiger partial charge in [-0.2, -0.15) is 0 Å². The van der Waals surface area contributed by atoms with Crippen LogP contribution in [0.25, 0.3) is 0 Å². The van der Waals surface area contributed by atoms with E-state index in [9.17, 15) is 9.59 Å². The molecule has 1 unspecified atom stereocenters. The van der Waals surface area contributed by atoms with E-state index in [1.165, 1.54) is 0 Å². The highest BCUT2D eigenvalue weighted by Gasteiger charge is 2.23. The second-order valence-corrected chi connectivity index (χ2v) is 6.05. The van der Waals surface area contributed by atoms with Crippen molar-refractivity contribution in [2.24, 2.45) is 0 Å². The van der Waals surface area contributed by atoms with Crippen LogP contribution in [0, 0.1) is 0 Å². The molecule has 0 bridgehead atoms. The summed E-state index contributed by atoms with van der Waals surface area (Å²) in [4.78, 5) is 24.1. The van der Waals surface area contributed by atoms with Gasteiger partial charge in [-0.05, 0) is 24.0 Å². The minimum atomic E-state index is -0.403. The van der Waals surface area contributed by atoms with E-state index in [1.54, 1.807) is 0 Å². The Morgan fingerprint density at radius 1 is 1.04 bits per heavy atom. The van der Waals surface area contributed by atoms with E-state index in [1.807, 2.05) is 60.7 Å². The van der Waals surface area contributed by atoms with Gasteiger partial charge in [0.25, 0.3) is 0 Å². The molecule has 1 amide bonds. The standard InChI is InChI=1S/C21H25NO2/c1-2-3-14-19(16-23)22-21(24)20(18-12-8-5-9-13-18)15-17-10-6-4-7-11-17/h4-13,16,19-20H,2-3,14-15H2,1H3,(H,22,24)/t19-,20?/m0/s1. The zero-order chi connectivity index (χ0) is 17.2. The maximum atomic E-state index is 12.8. The molecule has 2 rings (SSSR count). The molecule has 3 heteroatoms. The monoisotopic (exact) mass is 323 g/mol. The number of benzene rings is 2. The number of carbonyl (C=O) groups is 2. The number of hydrogen-bond acceptors (Lipinski definition) is 2. The van der Waals surface area contributed by atoms with E-state index < -0.39 is 6.04 Å². The van der Waals surface area contributed by atoms with Gasteiger partial charge in [0.15, 0.2) is 0 Å². The second-order valence-electron chi connectivity index (χ2n) is 6.05. The van der Waals surface area contributed by atoms with Gasteiger partial charge in [0, 0.05) is 0 Å². The van der Waals surface area contributed by atoms with Crippen molar-refractivity contribution in [3.8, 4) is 0 Å². The van der Waals surface area contributed by atoms with Gasteiger partial charge in [-0.15, -0.1) is 0 Å². The lowest BCUT2D eigenvalue weighted by atomic mass is 9.91. The van der Waals surface area contributed by atoms with Crippen molar-refractivity contribution in [3.05, 3.63) is 71.8 Å². The third-order valence-electron chi connectivity index (χ3n) is 4.16. The van der Waals surface area contributed by atoms with E-state index >= 15 is 0 Å². The lowest BCUT2D eigenvalue weighted by molar-refractivity contribution is -0.125. The highest BCUT2D eigenvalue weighted by molar-refractivity contribution is 5.86. The molecule has 0 aliphatic carbocycles. The molecule has 0 aliphatic heterocycles. The molecular formula is C21H25NO2. The third-order valence-corrected chi connectivity index (χ3v) is 4.16. The fourth-order valence-corrected chi connectivity index (χ4v) is 2.78. The minimum Gasteiger partial charge on any atom is -0.346 e. The second kappa shape index (κ2) is 9.66. The molecule has 2 atom stereocenters.